The molecule has 35 heavy (non-hydrogen) atoms. The number of rotatable bonds is 5. The van der Waals surface area contributed by atoms with E-state index >= 15 is 0 Å². The normalized spacial score (nSPS) is 23.1. The zero-order chi connectivity index (χ0) is 24.2. The van der Waals surface area contributed by atoms with Crippen molar-refractivity contribution < 1.29 is 38.3 Å². The van der Waals surface area contributed by atoms with Crippen LogP contribution in [0.2, 0.25) is 0 Å². The molecule has 1 aromatic carbocycles. The molecular formula is C23H30IN6O4S-. The summed E-state index contributed by atoms with van der Waals surface area (Å²) in [5, 5.41) is 13.5. The van der Waals surface area contributed by atoms with Crippen LogP contribution < -0.4 is 35.0 Å². The van der Waals surface area contributed by atoms with E-state index in [9.17, 15) is 9.00 Å². The first kappa shape index (κ1) is 23.6. The Morgan fingerprint density at radius 1 is 1.23 bits per heavy atom. The van der Waals surface area contributed by atoms with Gasteiger partial charge in [0, 0.05) is 0 Å². The predicted octanol–water partition coefficient (Wildman–Crippen LogP) is -1.30. The summed E-state index contributed by atoms with van der Waals surface area (Å²) >= 11 is -1.31. The number of anilines is 1. The van der Waals surface area contributed by atoms with Crippen molar-refractivity contribution in [1.82, 2.24) is 14.7 Å². The van der Waals surface area contributed by atoms with Crippen LogP contribution in [0.1, 0.15) is 35.1 Å². The molecule has 0 saturated carbocycles. The van der Waals surface area contributed by atoms with E-state index in [-0.39, 0.29) is 12.1 Å². The fraction of sp³-hybridized carbons (Fsp3) is 0.565. The third-order valence-electron chi connectivity index (χ3n) is 7.38. The fourth-order valence-electron chi connectivity index (χ4n) is 5.59. The average Bonchev–Trinajstić information content (AvgIpc) is 3.52. The molecule has 10 nitrogen and oxygen atoms in total. The van der Waals surface area contributed by atoms with Gasteiger partial charge < -0.3 is 0 Å². The number of aryl methyl sites for hydroxylation is 2. The van der Waals surface area contributed by atoms with E-state index in [1.165, 1.54) is 22.3 Å². The van der Waals surface area contributed by atoms with Gasteiger partial charge >= 0.3 is 215 Å². The van der Waals surface area contributed by atoms with Crippen LogP contribution in [0.5, 0.6) is 5.88 Å². The summed E-state index contributed by atoms with van der Waals surface area (Å²) in [6.45, 7) is 3.01. The fourth-order valence-corrected chi connectivity index (χ4v) is 10.6. The number of ether oxygens (including phenoxy) is 2. The first-order chi connectivity index (χ1) is 16.9. The number of hydrogen-bond acceptors (Lipinski definition) is 6. The third kappa shape index (κ3) is 4.59. The van der Waals surface area contributed by atoms with Gasteiger partial charge in [0.2, 0.25) is 0 Å². The number of nitrogens with zero attached hydrogens (tertiary/aromatic N) is 4. The first-order valence-electron chi connectivity index (χ1n) is 12.0. The summed E-state index contributed by atoms with van der Waals surface area (Å²) in [6, 6.07) is 1.91. The number of hydrogen-bond donors (Lipinski definition) is 2. The predicted molar refractivity (Wildman–Crippen MR) is 127 cm³/mol. The molecule has 2 atom stereocenters. The van der Waals surface area contributed by atoms with Crippen molar-refractivity contribution in [3.63, 3.8) is 0 Å². The van der Waals surface area contributed by atoms with Gasteiger partial charge in [-0.3, -0.25) is 0 Å². The van der Waals surface area contributed by atoms with E-state index in [1.807, 2.05) is 0 Å². The number of amides is 2. The number of nitrogens with two attached hydrogens (primary N) is 1. The molecule has 2 aliphatic carbocycles. The van der Waals surface area contributed by atoms with Crippen molar-refractivity contribution in [1.29, 1.82) is 0 Å². The van der Waals surface area contributed by atoms with E-state index < -0.39 is 32.9 Å². The number of likely N-dealkylation sites (tertiary alicyclic amines) is 1. The standard InChI is InChI=1S/C23H30IN6O4S/c1-33-17-11-29(12-17)16-10-30-22(34-13-16)20(9-26-30)24-35(25,32)28-23(31)27-21-18-6-2-4-14(18)8-15-5-3-7-19(15)21/h8-9,16-17H,2-7,10-13H2,1H3,(H3,25,27,28,31,32)/q-1/t16-,35?/m0/s1. The van der Waals surface area contributed by atoms with Crippen LogP contribution in [0.25, 0.3) is 0 Å². The van der Waals surface area contributed by atoms with Gasteiger partial charge in [-0.15, -0.1) is 0 Å². The van der Waals surface area contributed by atoms with E-state index in [0.29, 0.717) is 22.6 Å². The summed E-state index contributed by atoms with van der Waals surface area (Å²) in [7, 11) is -1.48. The van der Waals surface area contributed by atoms with Crippen LogP contribution >= 0.6 is 0 Å². The number of benzene rings is 1. The molecule has 1 saturated heterocycles. The second kappa shape index (κ2) is 9.29. The van der Waals surface area contributed by atoms with Gasteiger partial charge in [-0.05, 0) is 0 Å². The van der Waals surface area contributed by atoms with Crippen LogP contribution in [0.3, 0.4) is 0 Å². The number of methoxy groups -OCH3 is 1. The summed E-state index contributed by atoms with van der Waals surface area (Å²) in [5.41, 5.74) is 5.94. The SMILES string of the molecule is COC1CN([C@@H]2COc3c([I-]S(N)(=O)=NC(=O)Nc4c5c(cc6c4CCC6)CCC5)cnn3C2)C1. The summed E-state index contributed by atoms with van der Waals surface area (Å²) in [4.78, 5) is 15.2. The van der Waals surface area contributed by atoms with Gasteiger partial charge in [0.25, 0.3) is 0 Å². The topological polar surface area (TPSA) is 124 Å². The van der Waals surface area contributed by atoms with Crippen molar-refractivity contribution in [3.8, 4) is 5.88 Å². The van der Waals surface area contributed by atoms with Crippen LogP contribution in [-0.2, 0) is 44.1 Å². The second-order valence-corrected chi connectivity index (χ2v) is 17.2. The molecular weight excluding hydrogens is 583 g/mol. The average molecular weight is 614 g/mol. The van der Waals surface area contributed by atoms with Crippen LogP contribution in [-0.4, -0.2) is 63.9 Å². The number of fused-ring (bicyclic) bond motifs is 3. The summed E-state index contributed by atoms with van der Waals surface area (Å²) in [5.74, 6) is 0.602. The third-order valence-corrected chi connectivity index (χ3v) is 12.8. The zero-order valence-electron chi connectivity index (χ0n) is 19.7. The van der Waals surface area contributed by atoms with Gasteiger partial charge in [0.1, 0.15) is 0 Å². The molecule has 12 heteroatoms. The Morgan fingerprint density at radius 2 is 1.94 bits per heavy atom. The van der Waals surface area contributed by atoms with Crippen molar-refractivity contribution >= 4 is 18.8 Å². The van der Waals surface area contributed by atoms with Crippen molar-refractivity contribution in [2.45, 2.75) is 57.2 Å². The first-order valence-corrected chi connectivity index (χ1v) is 17.2. The molecule has 3 heterocycles. The minimum atomic E-state index is -3.21. The molecule has 3 N–H and O–H groups in total. The molecule has 1 fully saturated rings. The number of urea groups is 1. The monoisotopic (exact) mass is 613 g/mol. The Kier molecular flexibility index (Phi) is 6.27. The van der Waals surface area contributed by atoms with Crippen LogP contribution in [0.15, 0.2) is 16.6 Å². The van der Waals surface area contributed by atoms with Gasteiger partial charge in [0.05, 0.1) is 0 Å². The molecule has 0 radical (unpaired) electrons. The van der Waals surface area contributed by atoms with Crippen molar-refractivity contribution in [2.75, 3.05) is 32.1 Å². The number of halogens is 1. The zero-order valence-corrected chi connectivity index (χ0v) is 22.6. The molecule has 0 spiro atoms. The quantitative estimate of drug-likeness (QED) is 0.320. The van der Waals surface area contributed by atoms with Gasteiger partial charge in [0.15, 0.2) is 0 Å². The van der Waals surface area contributed by atoms with Crippen LogP contribution in [0.4, 0.5) is 10.5 Å². The van der Waals surface area contributed by atoms with E-state index in [1.54, 1.807) is 18.0 Å². The van der Waals surface area contributed by atoms with Crippen molar-refractivity contribution in [2.24, 2.45) is 9.50 Å². The van der Waals surface area contributed by atoms with Gasteiger partial charge in [-0.1, -0.05) is 0 Å². The molecule has 2 amide bonds. The number of aromatic nitrogens is 2. The van der Waals surface area contributed by atoms with Gasteiger partial charge in [-0.2, -0.15) is 0 Å². The van der Waals surface area contributed by atoms with Gasteiger partial charge in [-0.25, -0.2) is 0 Å². The Bertz CT molecular complexity index is 1270. The number of nitrogens with one attached hydrogen (secondary N) is 1. The Hall–Kier alpha value is -1.74. The maximum absolute atomic E-state index is 13.2. The maximum atomic E-state index is 13.2. The molecule has 4 aliphatic rings. The molecule has 190 valence electrons. The molecule has 6 rings (SSSR count). The number of carbonyl (C=O) groups is 1. The Morgan fingerprint density at radius 3 is 2.63 bits per heavy atom. The molecule has 2 aliphatic heterocycles. The number of carbonyl (C=O) groups excluding carboxylic acids is 1. The van der Waals surface area contributed by atoms with Crippen molar-refractivity contribution in [3.05, 3.63) is 38.1 Å². The molecule has 2 aromatic rings. The Labute approximate surface area is 213 Å². The molecule has 1 aromatic heterocycles. The molecule has 0 bridgehead atoms. The molecule has 1 unspecified atom stereocenters. The van der Waals surface area contributed by atoms with Crippen LogP contribution in [0, 0.1) is 3.57 Å². The van der Waals surface area contributed by atoms with E-state index in [0.717, 1.165) is 57.3 Å². The van der Waals surface area contributed by atoms with E-state index in [2.05, 4.69) is 25.7 Å². The second-order valence-electron chi connectivity index (χ2n) is 9.59. The summed E-state index contributed by atoms with van der Waals surface area (Å²) in [6.07, 6.45) is 8.12. The Balaban J connectivity index is 1.16. The summed E-state index contributed by atoms with van der Waals surface area (Å²) < 4.78 is 31.0. The minimum absolute atomic E-state index is 0.229. The van der Waals surface area contributed by atoms with E-state index in [4.69, 9.17) is 14.6 Å².